The highest BCUT2D eigenvalue weighted by molar-refractivity contribution is 7.80. The largest absolute Gasteiger partial charge is 0.487 e. The highest BCUT2D eigenvalue weighted by Gasteiger charge is 2.34. The van der Waals surface area contributed by atoms with E-state index in [1.54, 1.807) is 0 Å². The zero-order valence-corrected chi connectivity index (χ0v) is 18.9. The zero-order chi connectivity index (χ0) is 21.5. The monoisotopic (exact) mass is 423 g/mol. The summed E-state index contributed by atoms with van der Waals surface area (Å²) in [5.74, 6) is 1.09. The molecule has 1 unspecified atom stereocenters. The summed E-state index contributed by atoms with van der Waals surface area (Å²) in [5.41, 5.74) is 4.97. The van der Waals surface area contributed by atoms with Gasteiger partial charge < -0.3 is 20.3 Å². The van der Waals surface area contributed by atoms with E-state index in [1.807, 2.05) is 36.1 Å². The van der Waals surface area contributed by atoms with E-state index in [2.05, 4.69) is 43.5 Å². The molecule has 2 aromatic rings. The lowest BCUT2D eigenvalue weighted by molar-refractivity contribution is -0.117. The highest BCUT2D eigenvalue weighted by atomic mass is 32.1. The minimum absolute atomic E-state index is 0.0636. The predicted octanol–water partition coefficient (Wildman–Crippen LogP) is 5.02. The SMILES string of the molecule is Cc1ccc2c(c1)C(NC(=S)Nc1ccc(C)c(N3CCCC3=O)c1)CC(C)(C)O2. The topological polar surface area (TPSA) is 53.6 Å². The number of fused-ring (bicyclic) bond motifs is 1. The van der Waals surface area contributed by atoms with Gasteiger partial charge in [0.2, 0.25) is 5.91 Å². The Kier molecular flexibility index (Phi) is 5.45. The minimum atomic E-state index is -0.275. The van der Waals surface area contributed by atoms with Crippen molar-refractivity contribution in [3.8, 4) is 5.75 Å². The Bertz CT molecular complexity index is 1000. The van der Waals surface area contributed by atoms with Crippen LogP contribution in [-0.4, -0.2) is 23.2 Å². The summed E-state index contributed by atoms with van der Waals surface area (Å²) in [4.78, 5) is 14.1. The molecule has 0 spiro atoms. The molecule has 4 rings (SSSR count). The average molecular weight is 424 g/mol. The molecule has 0 bridgehead atoms. The smallest absolute Gasteiger partial charge is 0.227 e. The lowest BCUT2D eigenvalue weighted by atomic mass is 9.89. The van der Waals surface area contributed by atoms with Crippen LogP contribution in [0.25, 0.3) is 0 Å². The Hall–Kier alpha value is -2.60. The quantitative estimate of drug-likeness (QED) is 0.679. The van der Waals surface area contributed by atoms with Crippen molar-refractivity contribution in [3.63, 3.8) is 0 Å². The third kappa shape index (κ3) is 4.29. The number of rotatable bonds is 3. The van der Waals surface area contributed by atoms with Crippen molar-refractivity contribution >= 4 is 34.6 Å². The number of nitrogens with zero attached hydrogens (tertiary/aromatic N) is 1. The van der Waals surface area contributed by atoms with Crippen LogP contribution in [0.1, 0.15) is 55.8 Å². The number of nitrogens with one attached hydrogen (secondary N) is 2. The van der Waals surface area contributed by atoms with Crippen molar-refractivity contribution in [3.05, 3.63) is 53.1 Å². The number of carbonyl (C=O) groups is 1. The van der Waals surface area contributed by atoms with Crippen LogP contribution in [0.3, 0.4) is 0 Å². The van der Waals surface area contributed by atoms with E-state index in [0.29, 0.717) is 11.5 Å². The first-order chi connectivity index (χ1) is 14.2. The molecular formula is C24H29N3O2S. The van der Waals surface area contributed by atoms with Gasteiger partial charge in [0.05, 0.1) is 6.04 Å². The van der Waals surface area contributed by atoms with Crippen molar-refractivity contribution in [1.29, 1.82) is 0 Å². The summed E-state index contributed by atoms with van der Waals surface area (Å²) in [6.07, 6.45) is 2.34. The van der Waals surface area contributed by atoms with Gasteiger partial charge in [-0.25, -0.2) is 0 Å². The molecule has 2 N–H and O–H groups in total. The van der Waals surface area contributed by atoms with Gasteiger partial charge in [0.25, 0.3) is 0 Å². The fourth-order valence-electron chi connectivity index (χ4n) is 4.31. The predicted molar refractivity (Wildman–Crippen MR) is 125 cm³/mol. The van der Waals surface area contributed by atoms with Crippen LogP contribution in [0.15, 0.2) is 36.4 Å². The number of carbonyl (C=O) groups excluding carboxylic acids is 1. The standard InChI is InChI=1S/C24H29N3O2S/c1-15-7-10-21-18(12-15)19(14-24(3,4)29-21)26-23(30)25-17-9-8-16(2)20(13-17)27-11-5-6-22(27)28/h7-10,12-13,19H,5-6,11,14H2,1-4H3,(H2,25,26,30). The van der Waals surface area contributed by atoms with E-state index < -0.39 is 0 Å². The first-order valence-corrected chi connectivity index (χ1v) is 10.9. The summed E-state index contributed by atoms with van der Waals surface area (Å²) >= 11 is 5.64. The molecule has 2 aromatic carbocycles. The number of benzene rings is 2. The Morgan fingerprint density at radius 2 is 2.00 bits per heavy atom. The Labute approximate surface area is 183 Å². The van der Waals surface area contributed by atoms with Crippen LogP contribution in [0.4, 0.5) is 11.4 Å². The highest BCUT2D eigenvalue weighted by Crippen LogP contribution is 2.40. The van der Waals surface area contributed by atoms with E-state index in [9.17, 15) is 4.79 Å². The Morgan fingerprint density at radius 1 is 1.20 bits per heavy atom. The molecule has 2 aliphatic heterocycles. The van der Waals surface area contributed by atoms with Crippen molar-refractivity contribution < 1.29 is 9.53 Å². The van der Waals surface area contributed by atoms with Crippen LogP contribution in [-0.2, 0) is 4.79 Å². The number of hydrogen-bond donors (Lipinski definition) is 2. The molecule has 0 aliphatic carbocycles. The van der Waals surface area contributed by atoms with Crippen LogP contribution in [0.2, 0.25) is 0 Å². The van der Waals surface area contributed by atoms with Gasteiger partial charge in [-0.1, -0.05) is 23.8 Å². The van der Waals surface area contributed by atoms with E-state index >= 15 is 0 Å². The zero-order valence-electron chi connectivity index (χ0n) is 18.0. The summed E-state index contributed by atoms with van der Waals surface area (Å²) in [7, 11) is 0. The number of anilines is 2. The number of aryl methyl sites for hydroxylation is 2. The molecule has 0 aromatic heterocycles. The third-order valence-corrected chi connectivity index (χ3v) is 5.98. The number of ether oxygens (including phenoxy) is 1. The van der Waals surface area contributed by atoms with E-state index in [4.69, 9.17) is 17.0 Å². The second-order valence-corrected chi connectivity index (χ2v) is 9.32. The first-order valence-electron chi connectivity index (χ1n) is 10.5. The summed E-state index contributed by atoms with van der Waals surface area (Å²) in [5, 5.41) is 7.35. The van der Waals surface area contributed by atoms with Crippen LogP contribution in [0, 0.1) is 13.8 Å². The molecule has 1 amide bonds. The molecule has 6 heteroatoms. The van der Waals surface area contributed by atoms with Crippen molar-refractivity contribution in [2.24, 2.45) is 0 Å². The van der Waals surface area contributed by atoms with Crippen LogP contribution < -0.4 is 20.3 Å². The van der Waals surface area contributed by atoms with Gasteiger partial charge in [-0.05, 0) is 70.1 Å². The maximum absolute atomic E-state index is 12.2. The second kappa shape index (κ2) is 7.91. The van der Waals surface area contributed by atoms with E-state index in [0.717, 1.165) is 47.6 Å². The Morgan fingerprint density at radius 3 is 2.73 bits per heavy atom. The van der Waals surface area contributed by atoms with Gasteiger partial charge in [-0.3, -0.25) is 4.79 Å². The number of thiocarbonyl (C=S) groups is 1. The van der Waals surface area contributed by atoms with Crippen LogP contribution in [0.5, 0.6) is 5.75 Å². The normalized spacial score (nSPS) is 19.8. The van der Waals surface area contributed by atoms with E-state index in [1.165, 1.54) is 5.56 Å². The molecule has 5 nitrogen and oxygen atoms in total. The summed E-state index contributed by atoms with van der Waals surface area (Å²) in [6, 6.07) is 12.4. The van der Waals surface area contributed by atoms with Crippen molar-refractivity contribution in [2.45, 2.75) is 58.6 Å². The van der Waals surface area contributed by atoms with Gasteiger partial charge in [-0.2, -0.15) is 0 Å². The number of amides is 1. The molecule has 0 radical (unpaired) electrons. The third-order valence-electron chi connectivity index (χ3n) is 5.76. The first kappa shape index (κ1) is 20.7. The molecule has 2 aliphatic rings. The van der Waals surface area contributed by atoms with Gasteiger partial charge in [0, 0.05) is 36.3 Å². The van der Waals surface area contributed by atoms with E-state index in [-0.39, 0.29) is 17.6 Å². The maximum atomic E-state index is 12.2. The fraction of sp³-hybridized carbons (Fsp3) is 0.417. The second-order valence-electron chi connectivity index (χ2n) is 8.91. The Balaban J connectivity index is 1.52. The molecule has 30 heavy (non-hydrogen) atoms. The van der Waals surface area contributed by atoms with Crippen LogP contribution >= 0.6 is 12.2 Å². The van der Waals surface area contributed by atoms with Gasteiger partial charge in [0.15, 0.2) is 5.11 Å². The number of hydrogen-bond acceptors (Lipinski definition) is 3. The molecule has 1 atom stereocenters. The maximum Gasteiger partial charge on any atom is 0.227 e. The lowest BCUT2D eigenvalue weighted by Gasteiger charge is -2.38. The summed E-state index contributed by atoms with van der Waals surface area (Å²) < 4.78 is 6.16. The minimum Gasteiger partial charge on any atom is -0.487 e. The van der Waals surface area contributed by atoms with Crippen molar-refractivity contribution in [2.75, 3.05) is 16.8 Å². The molecule has 2 heterocycles. The molecule has 0 saturated carbocycles. The molecule has 1 fully saturated rings. The fourth-order valence-corrected chi connectivity index (χ4v) is 4.57. The molecule has 158 valence electrons. The van der Waals surface area contributed by atoms with Gasteiger partial charge in [0.1, 0.15) is 11.4 Å². The van der Waals surface area contributed by atoms with Crippen molar-refractivity contribution in [1.82, 2.24) is 5.32 Å². The lowest BCUT2D eigenvalue weighted by Crippen LogP contribution is -2.42. The molecular weight excluding hydrogens is 394 g/mol. The average Bonchev–Trinajstić information content (AvgIpc) is 3.09. The van der Waals surface area contributed by atoms with Gasteiger partial charge >= 0.3 is 0 Å². The van der Waals surface area contributed by atoms with Gasteiger partial charge in [-0.15, -0.1) is 0 Å². The molecule has 1 saturated heterocycles. The summed E-state index contributed by atoms with van der Waals surface area (Å²) in [6.45, 7) is 9.09.